The van der Waals surface area contributed by atoms with Gasteiger partial charge in [0, 0.05) is 12.1 Å². The van der Waals surface area contributed by atoms with Gasteiger partial charge in [-0.3, -0.25) is 9.59 Å². The molecule has 1 rings (SSSR count). The van der Waals surface area contributed by atoms with Gasteiger partial charge in [0.2, 0.25) is 0 Å². The van der Waals surface area contributed by atoms with Crippen molar-refractivity contribution in [2.75, 3.05) is 13.6 Å². The zero-order valence-corrected chi connectivity index (χ0v) is 15.0. The molecule has 0 aromatic carbocycles. The predicted molar refractivity (Wildman–Crippen MR) is 88.6 cm³/mol. The fraction of sp³-hybridized carbons (Fsp3) is 0.882. The Kier molecular flexibility index (Phi) is 7.33. The molecule has 1 saturated carbocycles. The zero-order chi connectivity index (χ0) is 16.9. The lowest BCUT2D eigenvalue weighted by molar-refractivity contribution is -0.886. The van der Waals surface area contributed by atoms with Crippen LogP contribution in [0.4, 0.5) is 0 Å². The Bertz CT molecular complexity index is 384. The molecule has 5 atom stereocenters. The second-order valence-corrected chi connectivity index (χ2v) is 7.35. The van der Waals surface area contributed by atoms with Crippen molar-refractivity contribution in [3.63, 3.8) is 0 Å². The fourth-order valence-electron chi connectivity index (χ4n) is 3.10. The number of hydrogen-bond donors (Lipinski definition) is 3. The quantitative estimate of drug-likeness (QED) is 0.663. The highest BCUT2D eigenvalue weighted by atomic mass is 16.2. The van der Waals surface area contributed by atoms with Crippen molar-refractivity contribution in [1.29, 1.82) is 0 Å². The summed E-state index contributed by atoms with van der Waals surface area (Å²) in [5.74, 6) is 1.23. The third-order valence-electron chi connectivity index (χ3n) is 5.06. The van der Waals surface area contributed by atoms with E-state index in [1.54, 1.807) is 0 Å². The summed E-state index contributed by atoms with van der Waals surface area (Å²) < 4.78 is 0. The fourth-order valence-corrected chi connectivity index (χ4v) is 3.10. The van der Waals surface area contributed by atoms with Crippen molar-refractivity contribution in [2.45, 2.75) is 72.0 Å². The predicted octanol–water partition coefficient (Wildman–Crippen LogP) is 0.355. The lowest BCUT2D eigenvalue weighted by Gasteiger charge is -2.35. The molecule has 0 aromatic heterocycles. The normalized spacial score (nSPS) is 28.0. The van der Waals surface area contributed by atoms with Crippen LogP contribution in [0.25, 0.3) is 0 Å². The number of carbonyl (C=O) groups is 2. The molecule has 0 heterocycles. The first-order chi connectivity index (χ1) is 10.2. The SMILES string of the molecule is CC(C)NC(=O)C[NH+](C)[C@H](C)C(=O)N[C@H]1CCC[C@H](C)[C@H]1C. The van der Waals surface area contributed by atoms with Gasteiger partial charge in [0.15, 0.2) is 12.6 Å². The van der Waals surface area contributed by atoms with Crippen LogP contribution in [-0.4, -0.2) is 43.5 Å². The minimum absolute atomic E-state index is 0.00759. The highest BCUT2D eigenvalue weighted by Crippen LogP contribution is 2.29. The lowest BCUT2D eigenvalue weighted by Crippen LogP contribution is -3.15. The molecule has 5 nitrogen and oxygen atoms in total. The number of likely N-dealkylation sites (N-methyl/N-ethyl adjacent to an activating group) is 1. The van der Waals surface area contributed by atoms with Crippen LogP contribution < -0.4 is 15.5 Å². The van der Waals surface area contributed by atoms with Crippen molar-refractivity contribution >= 4 is 11.8 Å². The maximum Gasteiger partial charge on any atom is 0.278 e. The van der Waals surface area contributed by atoms with E-state index in [4.69, 9.17) is 0 Å². The number of amides is 2. The first-order valence-electron chi connectivity index (χ1n) is 8.64. The standard InChI is InChI=1S/C17H33N3O2/c1-11(2)18-16(21)10-20(6)14(5)17(22)19-15-9-7-8-12(3)13(15)4/h11-15H,7-10H2,1-6H3,(H,18,21)(H,19,22)/p+1/t12-,13+,14+,15-/m0/s1. The molecule has 1 unspecified atom stereocenters. The van der Waals surface area contributed by atoms with Gasteiger partial charge in [-0.05, 0) is 39.0 Å². The van der Waals surface area contributed by atoms with Crippen molar-refractivity contribution in [1.82, 2.24) is 10.6 Å². The Morgan fingerprint density at radius 1 is 1.18 bits per heavy atom. The summed E-state index contributed by atoms with van der Waals surface area (Å²) in [6.45, 7) is 10.6. The number of nitrogens with one attached hydrogen (secondary N) is 3. The first-order valence-corrected chi connectivity index (χ1v) is 8.64. The smallest absolute Gasteiger partial charge is 0.278 e. The summed E-state index contributed by atoms with van der Waals surface area (Å²) in [4.78, 5) is 25.2. The van der Waals surface area contributed by atoms with Crippen molar-refractivity contribution in [3.8, 4) is 0 Å². The summed E-state index contributed by atoms with van der Waals surface area (Å²) in [6, 6.07) is 0.187. The highest BCUT2D eigenvalue weighted by molar-refractivity contribution is 5.81. The second-order valence-electron chi connectivity index (χ2n) is 7.35. The Balaban J connectivity index is 2.48. The Labute approximate surface area is 135 Å². The largest absolute Gasteiger partial charge is 0.349 e. The molecular formula is C17H34N3O2+. The Hall–Kier alpha value is -1.10. The molecule has 0 aliphatic heterocycles. The van der Waals surface area contributed by atoms with Gasteiger partial charge in [-0.2, -0.15) is 0 Å². The third kappa shape index (κ3) is 5.59. The lowest BCUT2D eigenvalue weighted by atomic mass is 9.78. The second kappa shape index (κ2) is 8.51. The van der Waals surface area contributed by atoms with E-state index in [-0.39, 0.29) is 29.9 Å². The molecule has 2 amide bonds. The van der Waals surface area contributed by atoms with Crippen LogP contribution >= 0.6 is 0 Å². The van der Waals surface area contributed by atoms with Crippen LogP contribution in [0, 0.1) is 11.8 Å². The van der Waals surface area contributed by atoms with Gasteiger partial charge in [0.1, 0.15) is 0 Å². The molecule has 0 saturated heterocycles. The van der Waals surface area contributed by atoms with Crippen LogP contribution in [0.5, 0.6) is 0 Å². The first kappa shape index (κ1) is 18.9. The van der Waals surface area contributed by atoms with Gasteiger partial charge in [0.25, 0.3) is 11.8 Å². The molecule has 5 heteroatoms. The van der Waals surface area contributed by atoms with Crippen molar-refractivity contribution < 1.29 is 14.5 Å². The van der Waals surface area contributed by atoms with E-state index in [9.17, 15) is 9.59 Å². The van der Waals surface area contributed by atoms with Gasteiger partial charge >= 0.3 is 0 Å². The van der Waals surface area contributed by atoms with Crippen LogP contribution in [0.15, 0.2) is 0 Å². The van der Waals surface area contributed by atoms with E-state index in [2.05, 4.69) is 24.5 Å². The summed E-state index contributed by atoms with van der Waals surface area (Å²) in [6.07, 6.45) is 3.50. The van der Waals surface area contributed by atoms with E-state index >= 15 is 0 Å². The molecule has 1 fully saturated rings. The molecule has 1 aliphatic rings. The van der Waals surface area contributed by atoms with Gasteiger partial charge in [-0.1, -0.05) is 26.7 Å². The molecule has 0 spiro atoms. The van der Waals surface area contributed by atoms with E-state index in [1.165, 1.54) is 12.8 Å². The number of carbonyl (C=O) groups excluding carboxylic acids is 2. The summed E-state index contributed by atoms with van der Waals surface area (Å²) in [5, 5.41) is 6.07. The molecule has 1 aliphatic carbocycles. The molecule has 3 N–H and O–H groups in total. The summed E-state index contributed by atoms with van der Waals surface area (Å²) in [5.41, 5.74) is 0. The maximum absolute atomic E-state index is 12.4. The molecular weight excluding hydrogens is 278 g/mol. The van der Waals surface area contributed by atoms with Crippen molar-refractivity contribution in [3.05, 3.63) is 0 Å². The number of rotatable bonds is 6. The molecule has 0 bridgehead atoms. The Morgan fingerprint density at radius 2 is 1.82 bits per heavy atom. The third-order valence-corrected chi connectivity index (χ3v) is 5.06. The molecule has 128 valence electrons. The Morgan fingerprint density at radius 3 is 2.41 bits per heavy atom. The van der Waals surface area contributed by atoms with Gasteiger partial charge in [0.05, 0.1) is 7.05 Å². The number of hydrogen-bond acceptors (Lipinski definition) is 2. The van der Waals surface area contributed by atoms with Crippen LogP contribution in [-0.2, 0) is 9.59 Å². The minimum atomic E-state index is -0.220. The molecule has 22 heavy (non-hydrogen) atoms. The average molecular weight is 312 g/mol. The van der Waals surface area contributed by atoms with E-state index < -0.39 is 0 Å². The van der Waals surface area contributed by atoms with Crippen molar-refractivity contribution in [2.24, 2.45) is 11.8 Å². The highest BCUT2D eigenvalue weighted by Gasteiger charge is 2.31. The van der Waals surface area contributed by atoms with E-state index in [0.29, 0.717) is 18.4 Å². The topological polar surface area (TPSA) is 62.6 Å². The van der Waals surface area contributed by atoms with Gasteiger partial charge in [-0.25, -0.2) is 0 Å². The van der Waals surface area contributed by atoms with Crippen LogP contribution in [0.1, 0.15) is 53.9 Å². The van der Waals surface area contributed by atoms with Crippen LogP contribution in [0.3, 0.4) is 0 Å². The molecule has 0 aromatic rings. The minimum Gasteiger partial charge on any atom is -0.349 e. The maximum atomic E-state index is 12.4. The van der Waals surface area contributed by atoms with Gasteiger partial charge < -0.3 is 15.5 Å². The van der Waals surface area contributed by atoms with E-state index in [0.717, 1.165) is 11.3 Å². The summed E-state index contributed by atoms with van der Waals surface area (Å²) in [7, 11) is 1.90. The number of quaternary nitrogens is 1. The van der Waals surface area contributed by atoms with Gasteiger partial charge in [-0.15, -0.1) is 0 Å². The van der Waals surface area contributed by atoms with E-state index in [1.807, 2.05) is 27.8 Å². The summed E-state index contributed by atoms with van der Waals surface area (Å²) >= 11 is 0. The average Bonchev–Trinajstić information content (AvgIpc) is 2.41. The molecule has 0 radical (unpaired) electrons. The van der Waals surface area contributed by atoms with Crippen LogP contribution in [0.2, 0.25) is 0 Å². The zero-order valence-electron chi connectivity index (χ0n) is 15.0. The monoisotopic (exact) mass is 312 g/mol.